The Labute approximate surface area is 159 Å². The van der Waals surface area contributed by atoms with Crippen molar-refractivity contribution in [2.75, 3.05) is 0 Å². The molecule has 0 fully saturated rings. The van der Waals surface area contributed by atoms with Gasteiger partial charge in [0.25, 0.3) is 0 Å². The summed E-state index contributed by atoms with van der Waals surface area (Å²) in [7, 11) is 0. The number of hydrogen-bond donors (Lipinski definition) is 2. The second kappa shape index (κ2) is 8.09. The molecule has 0 aliphatic carbocycles. The van der Waals surface area contributed by atoms with Crippen molar-refractivity contribution in [1.29, 1.82) is 0 Å². The van der Waals surface area contributed by atoms with Gasteiger partial charge in [0.05, 0.1) is 10.5 Å². The van der Waals surface area contributed by atoms with Crippen LogP contribution in [0.4, 0.5) is 0 Å². The quantitative estimate of drug-likeness (QED) is 0.537. The summed E-state index contributed by atoms with van der Waals surface area (Å²) in [6.07, 6.45) is 6.33. The van der Waals surface area contributed by atoms with Crippen LogP contribution in [-0.2, 0) is 12.8 Å². The zero-order valence-electron chi connectivity index (χ0n) is 15.7. The van der Waals surface area contributed by atoms with Crippen molar-refractivity contribution in [3.05, 3.63) is 39.9 Å². The summed E-state index contributed by atoms with van der Waals surface area (Å²) in [6, 6.07) is 5.77. The first kappa shape index (κ1) is 18.7. The van der Waals surface area contributed by atoms with Gasteiger partial charge in [-0.15, -0.1) is 5.10 Å². The molecule has 1 heterocycles. The van der Waals surface area contributed by atoms with E-state index in [1.54, 1.807) is 0 Å². The summed E-state index contributed by atoms with van der Waals surface area (Å²) in [4.78, 5) is 0. The van der Waals surface area contributed by atoms with Crippen LogP contribution in [0.2, 0.25) is 5.02 Å². The van der Waals surface area contributed by atoms with Gasteiger partial charge in [-0.05, 0) is 67.0 Å². The van der Waals surface area contributed by atoms with Crippen molar-refractivity contribution in [1.82, 2.24) is 15.4 Å². The maximum absolute atomic E-state index is 10.8. The normalized spacial score (nSPS) is 11.4. The van der Waals surface area contributed by atoms with Crippen LogP contribution in [0.1, 0.15) is 56.2 Å². The highest BCUT2D eigenvalue weighted by molar-refractivity contribution is 6.37. The number of nitrogens with one attached hydrogen (secondary N) is 1. The topological polar surface area (TPSA) is 61.8 Å². The molecule has 3 rings (SSSR count). The summed E-state index contributed by atoms with van der Waals surface area (Å²) in [5.74, 6) is 0.376. The molecule has 0 saturated carbocycles. The maximum atomic E-state index is 10.8. The Bertz CT molecular complexity index is 917. The largest absolute Gasteiger partial charge is 0.508 e. The lowest BCUT2D eigenvalue weighted by molar-refractivity contribution is 0.465. The molecule has 0 saturated heterocycles. The molecule has 0 spiro atoms. The highest BCUT2D eigenvalue weighted by Crippen LogP contribution is 2.40. The lowest BCUT2D eigenvalue weighted by Crippen LogP contribution is -2.02. The van der Waals surface area contributed by atoms with E-state index in [0.717, 1.165) is 60.7 Å². The van der Waals surface area contributed by atoms with Crippen molar-refractivity contribution in [3.8, 4) is 16.9 Å². The molecule has 2 aromatic carbocycles. The predicted molar refractivity (Wildman–Crippen MR) is 108 cm³/mol. The van der Waals surface area contributed by atoms with Crippen LogP contribution in [0.25, 0.3) is 22.2 Å². The molecule has 0 unspecified atom stereocenters. The number of H-pyrrole nitrogens is 1. The third-order valence-electron chi connectivity index (χ3n) is 5.10. The number of unbranched alkanes of at least 4 members (excludes halogenated alkanes) is 2. The number of phenolic OH excluding ortho intramolecular Hbond substituents is 1. The predicted octanol–water partition coefficient (Wildman–Crippen LogP) is 5.98. The minimum Gasteiger partial charge on any atom is -0.508 e. The van der Waals surface area contributed by atoms with Crippen LogP contribution < -0.4 is 0 Å². The van der Waals surface area contributed by atoms with Crippen molar-refractivity contribution < 1.29 is 5.11 Å². The molecule has 3 aromatic rings. The van der Waals surface area contributed by atoms with Crippen molar-refractivity contribution >= 4 is 22.6 Å². The van der Waals surface area contributed by atoms with Crippen molar-refractivity contribution in [2.24, 2.45) is 0 Å². The molecule has 0 amide bonds. The van der Waals surface area contributed by atoms with E-state index >= 15 is 0 Å². The number of aromatic hydroxyl groups is 1. The third-order valence-corrected chi connectivity index (χ3v) is 5.48. The fourth-order valence-corrected chi connectivity index (χ4v) is 3.87. The molecule has 4 nitrogen and oxygen atoms in total. The highest BCUT2D eigenvalue weighted by Gasteiger charge is 2.18. The van der Waals surface area contributed by atoms with Crippen molar-refractivity contribution in [3.63, 3.8) is 0 Å². The summed E-state index contributed by atoms with van der Waals surface area (Å²) in [6.45, 7) is 6.51. The number of benzene rings is 2. The molecule has 0 aliphatic rings. The molecule has 0 bridgehead atoms. The first-order chi connectivity index (χ1) is 12.6. The number of fused-ring (bicyclic) bond motifs is 1. The van der Waals surface area contributed by atoms with Gasteiger partial charge in [0, 0.05) is 5.56 Å². The molecule has 1 aromatic heterocycles. The van der Waals surface area contributed by atoms with Gasteiger partial charge in [-0.2, -0.15) is 0 Å². The molecule has 26 heavy (non-hydrogen) atoms. The number of aromatic nitrogens is 3. The smallest absolute Gasteiger partial charge is 0.132 e. The van der Waals surface area contributed by atoms with E-state index in [0.29, 0.717) is 16.3 Å². The van der Waals surface area contributed by atoms with Gasteiger partial charge in [-0.25, -0.2) is 0 Å². The molecule has 138 valence electrons. The van der Waals surface area contributed by atoms with Crippen molar-refractivity contribution in [2.45, 2.75) is 59.3 Å². The molecule has 0 atom stereocenters. The standard InChI is InChI=1S/C21H26ClN3O/c1-4-6-8-14-13(3)17(12-19(26)15(14)9-7-5-2)16-10-11-18-21(20(16)22)24-25-23-18/h10-12,26H,4-9H2,1-3H3,(H,23,24,25). The summed E-state index contributed by atoms with van der Waals surface area (Å²) in [5, 5.41) is 22.1. The monoisotopic (exact) mass is 371 g/mol. The van der Waals surface area contributed by atoms with E-state index in [9.17, 15) is 5.11 Å². The first-order valence-corrected chi connectivity index (χ1v) is 9.80. The number of rotatable bonds is 7. The fourth-order valence-electron chi connectivity index (χ4n) is 3.57. The van der Waals surface area contributed by atoms with Gasteiger partial charge >= 0.3 is 0 Å². The fraction of sp³-hybridized carbons (Fsp3) is 0.429. The Hall–Kier alpha value is -2.07. The first-order valence-electron chi connectivity index (χ1n) is 9.42. The van der Waals surface area contributed by atoms with E-state index < -0.39 is 0 Å². The Kier molecular flexibility index (Phi) is 5.82. The number of aromatic amines is 1. The summed E-state index contributed by atoms with van der Waals surface area (Å²) >= 11 is 6.62. The maximum Gasteiger partial charge on any atom is 0.132 e. The van der Waals surface area contributed by atoms with Crippen LogP contribution >= 0.6 is 11.6 Å². The zero-order valence-corrected chi connectivity index (χ0v) is 16.5. The summed E-state index contributed by atoms with van der Waals surface area (Å²) in [5.41, 5.74) is 6.91. The molecule has 0 radical (unpaired) electrons. The van der Waals surface area contributed by atoms with Gasteiger partial charge in [0.15, 0.2) is 0 Å². The Morgan fingerprint density at radius 3 is 2.42 bits per heavy atom. The van der Waals surface area contributed by atoms with E-state index in [-0.39, 0.29) is 0 Å². The summed E-state index contributed by atoms with van der Waals surface area (Å²) < 4.78 is 0. The van der Waals surface area contributed by atoms with Crippen LogP contribution in [0.15, 0.2) is 18.2 Å². The second-order valence-electron chi connectivity index (χ2n) is 6.87. The van der Waals surface area contributed by atoms with Gasteiger partial charge in [0.1, 0.15) is 11.3 Å². The molecule has 5 heteroatoms. The van der Waals surface area contributed by atoms with Crippen LogP contribution in [0.5, 0.6) is 5.75 Å². The third kappa shape index (κ3) is 3.43. The molecular formula is C21H26ClN3O. The van der Waals surface area contributed by atoms with E-state index in [1.165, 1.54) is 11.1 Å². The zero-order chi connectivity index (χ0) is 18.7. The molecular weight excluding hydrogens is 346 g/mol. The Morgan fingerprint density at radius 2 is 1.73 bits per heavy atom. The number of hydrogen-bond acceptors (Lipinski definition) is 3. The van der Waals surface area contributed by atoms with Gasteiger partial charge < -0.3 is 5.11 Å². The van der Waals surface area contributed by atoms with Crippen LogP contribution in [-0.4, -0.2) is 20.5 Å². The number of nitrogens with zero attached hydrogens (tertiary/aromatic N) is 2. The minimum absolute atomic E-state index is 0.376. The molecule has 2 N–H and O–H groups in total. The second-order valence-corrected chi connectivity index (χ2v) is 7.25. The number of phenols is 1. The van der Waals surface area contributed by atoms with E-state index in [2.05, 4.69) is 36.2 Å². The lowest BCUT2D eigenvalue weighted by atomic mass is 9.87. The average molecular weight is 372 g/mol. The van der Waals surface area contributed by atoms with Gasteiger partial charge in [0.2, 0.25) is 0 Å². The highest BCUT2D eigenvalue weighted by atomic mass is 35.5. The van der Waals surface area contributed by atoms with Gasteiger partial charge in [-0.3, -0.25) is 5.10 Å². The van der Waals surface area contributed by atoms with Crippen LogP contribution in [0, 0.1) is 6.92 Å². The lowest BCUT2D eigenvalue weighted by Gasteiger charge is -2.19. The average Bonchev–Trinajstić information content (AvgIpc) is 3.11. The van der Waals surface area contributed by atoms with E-state index in [1.807, 2.05) is 18.2 Å². The van der Waals surface area contributed by atoms with E-state index in [4.69, 9.17) is 11.6 Å². The Morgan fingerprint density at radius 1 is 1.04 bits per heavy atom. The number of halogens is 1. The Balaban J connectivity index is 2.17. The van der Waals surface area contributed by atoms with Gasteiger partial charge in [-0.1, -0.05) is 49.6 Å². The molecule has 0 aliphatic heterocycles. The SMILES string of the molecule is CCCCc1c(O)cc(-c2ccc3[nH]nnc3c2Cl)c(C)c1CCCC. The van der Waals surface area contributed by atoms with Crippen LogP contribution in [0.3, 0.4) is 0 Å². The minimum atomic E-state index is 0.376.